The zero-order chi connectivity index (χ0) is 21.5. The molecule has 154 valence electrons. The van der Waals surface area contributed by atoms with E-state index < -0.39 is 7.12 Å². The van der Waals surface area contributed by atoms with E-state index in [0.29, 0.717) is 0 Å². The van der Waals surface area contributed by atoms with Gasteiger partial charge in [0.15, 0.2) is 0 Å². The van der Waals surface area contributed by atoms with Crippen LogP contribution in [0.2, 0.25) is 0 Å². The molecular weight excluding hydrogens is 559 g/mol. The lowest BCUT2D eigenvalue weighted by Crippen LogP contribution is -2.20. The third kappa shape index (κ3) is 2.49. The molecule has 1 spiro atoms. The highest BCUT2D eigenvalue weighted by Gasteiger charge is 2.73. The van der Waals surface area contributed by atoms with Gasteiger partial charge in [-0.2, -0.15) is 0 Å². The van der Waals surface area contributed by atoms with Gasteiger partial charge in [0.2, 0.25) is 0 Å². The van der Waals surface area contributed by atoms with Crippen LogP contribution in [0.4, 0.5) is 0 Å². The van der Waals surface area contributed by atoms with Gasteiger partial charge in [0, 0.05) is 16.1 Å². The second kappa shape index (κ2) is 6.93. The van der Waals surface area contributed by atoms with E-state index in [9.17, 15) is 0 Å². The second-order valence-electron chi connectivity index (χ2n) is 8.46. The molecule has 4 aromatic rings. The van der Waals surface area contributed by atoms with Crippen molar-refractivity contribution >= 4 is 55.9 Å². The van der Waals surface area contributed by atoms with E-state index in [1.165, 1.54) is 39.0 Å². The average molecular weight is 576 g/mol. The minimum absolute atomic E-state index is 0.0747. The summed E-state index contributed by atoms with van der Waals surface area (Å²) in [5, 5.41) is -0.116. The highest BCUT2D eigenvalue weighted by molar-refractivity contribution is 9.10. The number of hydrogen-bond acceptors (Lipinski definition) is 1. The standard InChI is InChI=1S/C28H17Br2PS/c29-20-11-13-22-23-14-12-21(30)16-25(23)28(24(22)15-20)26(18-7-3-1-4-8-18)17-27(31(28)32-27)19-9-5-2-6-10-19/h1-17H/t27-,31?/m1/s1. The summed E-state index contributed by atoms with van der Waals surface area (Å²) in [6.07, 6.45) is 2.61. The van der Waals surface area contributed by atoms with Crippen molar-refractivity contribution in [1.82, 2.24) is 0 Å². The van der Waals surface area contributed by atoms with Crippen molar-refractivity contribution in [3.63, 3.8) is 0 Å². The molecule has 1 aliphatic carbocycles. The summed E-state index contributed by atoms with van der Waals surface area (Å²) in [6, 6.07) is 35.8. The zero-order valence-electron chi connectivity index (χ0n) is 16.9. The number of fused-ring (bicyclic) bond motifs is 7. The van der Waals surface area contributed by atoms with Crippen LogP contribution in [0.25, 0.3) is 16.7 Å². The lowest BCUT2D eigenvalue weighted by molar-refractivity contribution is 0.998. The summed E-state index contributed by atoms with van der Waals surface area (Å²) < 4.78 is 2.37. The first-order chi connectivity index (χ1) is 15.6. The fraction of sp³-hybridized carbons (Fsp3) is 0.0714. The predicted molar refractivity (Wildman–Crippen MR) is 145 cm³/mol. The molecule has 4 heteroatoms. The van der Waals surface area contributed by atoms with Gasteiger partial charge in [-0.3, -0.25) is 0 Å². The molecule has 2 atom stereocenters. The molecule has 1 unspecified atom stereocenters. The van der Waals surface area contributed by atoms with E-state index in [1.807, 2.05) is 0 Å². The van der Waals surface area contributed by atoms with E-state index in [1.54, 1.807) is 0 Å². The Morgan fingerprint density at radius 3 is 1.81 bits per heavy atom. The average Bonchev–Trinajstić information content (AvgIpc) is 3.41. The zero-order valence-corrected chi connectivity index (χ0v) is 21.8. The van der Waals surface area contributed by atoms with Gasteiger partial charge < -0.3 is 0 Å². The first kappa shape index (κ1) is 19.8. The Morgan fingerprint density at radius 1 is 0.656 bits per heavy atom. The van der Waals surface area contributed by atoms with Gasteiger partial charge in [-0.1, -0.05) is 111 Å². The molecule has 0 aromatic heterocycles. The van der Waals surface area contributed by atoms with Gasteiger partial charge in [0.1, 0.15) is 0 Å². The summed E-state index contributed by atoms with van der Waals surface area (Å²) >= 11 is 9.76. The smallest absolute Gasteiger partial charge is 0.0940 e. The molecule has 2 aliphatic heterocycles. The highest BCUT2D eigenvalue weighted by atomic mass is 79.9. The molecule has 0 nitrogen and oxygen atoms in total. The lowest BCUT2D eigenvalue weighted by atomic mass is 9.83. The van der Waals surface area contributed by atoms with Crippen LogP contribution in [0.1, 0.15) is 22.3 Å². The van der Waals surface area contributed by atoms with E-state index >= 15 is 0 Å². The van der Waals surface area contributed by atoms with E-state index in [0.717, 1.165) is 8.95 Å². The first-order valence-corrected chi connectivity index (χ1v) is 14.9. The summed E-state index contributed by atoms with van der Waals surface area (Å²) in [6.45, 7) is 0. The Labute approximate surface area is 209 Å². The van der Waals surface area contributed by atoms with Crippen LogP contribution in [-0.2, 0) is 9.64 Å². The van der Waals surface area contributed by atoms with Crippen LogP contribution < -0.4 is 0 Å². The summed E-state index contributed by atoms with van der Waals surface area (Å²) in [5.74, 6) is 0. The fourth-order valence-electron chi connectivity index (χ4n) is 5.53. The van der Waals surface area contributed by atoms with Crippen molar-refractivity contribution in [2.24, 2.45) is 0 Å². The van der Waals surface area contributed by atoms with Crippen molar-refractivity contribution in [3.8, 4) is 11.1 Å². The van der Waals surface area contributed by atoms with Gasteiger partial charge in [-0.05, 0) is 63.2 Å². The number of rotatable bonds is 2. The van der Waals surface area contributed by atoms with Crippen molar-refractivity contribution in [1.29, 1.82) is 0 Å². The maximum atomic E-state index is 3.79. The number of hydrogen-bond donors (Lipinski definition) is 0. The van der Waals surface area contributed by atoms with Gasteiger partial charge >= 0.3 is 0 Å². The molecular formula is C28H17Br2PS. The molecule has 2 heterocycles. The second-order valence-corrected chi connectivity index (χ2v) is 15.0. The summed E-state index contributed by atoms with van der Waals surface area (Å²) in [7, 11) is -0.423. The van der Waals surface area contributed by atoms with Crippen molar-refractivity contribution < 1.29 is 0 Å². The Morgan fingerprint density at radius 2 is 1.22 bits per heavy atom. The maximum absolute atomic E-state index is 3.79. The topological polar surface area (TPSA) is 0 Å². The third-order valence-corrected chi connectivity index (χ3v) is 14.0. The van der Waals surface area contributed by atoms with Gasteiger partial charge in [-0.25, -0.2) is 0 Å². The van der Waals surface area contributed by atoms with E-state index in [-0.39, 0.29) is 9.64 Å². The van der Waals surface area contributed by atoms with Gasteiger partial charge in [0.25, 0.3) is 0 Å². The molecule has 1 fully saturated rings. The van der Waals surface area contributed by atoms with Crippen molar-refractivity contribution in [2.75, 3.05) is 0 Å². The molecule has 0 bridgehead atoms. The maximum Gasteiger partial charge on any atom is 0.0940 e. The Bertz CT molecular complexity index is 1380. The van der Waals surface area contributed by atoms with Gasteiger partial charge in [0.05, 0.1) is 9.64 Å². The number of halogens is 2. The van der Waals surface area contributed by atoms with Crippen LogP contribution in [0, 0.1) is 0 Å². The van der Waals surface area contributed by atoms with Crippen LogP contribution in [-0.4, -0.2) is 0 Å². The molecule has 0 radical (unpaired) electrons. The lowest BCUT2D eigenvalue weighted by Gasteiger charge is -2.32. The predicted octanol–water partition coefficient (Wildman–Crippen LogP) is 9.53. The quantitative estimate of drug-likeness (QED) is 0.169. The fourth-order valence-corrected chi connectivity index (χ4v) is 13.1. The molecule has 7 rings (SSSR count). The minimum atomic E-state index is -0.423. The highest BCUT2D eigenvalue weighted by Crippen LogP contribution is 3.03. The van der Waals surface area contributed by atoms with Crippen molar-refractivity contribution in [3.05, 3.63) is 134 Å². The van der Waals surface area contributed by atoms with Crippen molar-refractivity contribution in [2.45, 2.75) is 9.64 Å². The minimum Gasteiger partial charge on any atom is -0.109 e. The third-order valence-electron chi connectivity index (χ3n) is 6.84. The first-order valence-electron chi connectivity index (χ1n) is 10.6. The Kier molecular flexibility index (Phi) is 4.29. The largest absolute Gasteiger partial charge is 0.109 e. The molecule has 4 aromatic carbocycles. The molecule has 0 N–H and O–H groups in total. The number of allylic oxidation sites excluding steroid dienone is 1. The normalized spacial score (nSPS) is 23.4. The van der Waals surface area contributed by atoms with Gasteiger partial charge in [-0.15, -0.1) is 11.4 Å². The molecule has 3 aliphatic rings. The van der Waals surface area contributed by atoms with E-state index in [2.05, 4.69) is 146 Å². The molecule has 32 heavy (non-hydrogen) atoms. The van der Waals surface area contributed by atoms with Crippen LogP contribution in [0.5, 0.6) is 0 Å². The van der Waals surface area contributed by atoms with Crippen LogP contribution >= 0.6 is 50.4 Å². The van der Waals surface area contributed by atoms with Crippen LogP contribution in [0.15, 0.2) is 112 Å². The van der Waals surface area contributed by atoms with Crippen LogP contribution in [0.3, 0.4) is 0 Å². The number of benzene rings is 4. The Balaban J connectivity index is 1.59. The molecule has 0 amide bonds. The monoisotopic (exact) mass is 574 g/mol. The molecule has 0 saturated carbocycles. The Hall–Kier alpha value is -1.64. The van der Waals surface area contributed by atoms with E-state index in [4.69, 9.17) is 0 Å². The summed E-state index contributed by atoms with van der Waals surface area (Å²) in [4.78, 5) is 0. The SMILES string of the molecule is Brc1ccc2c(c1)C1(C(c3ccccc3)=C[C@]3(c4ccccc4)SP13)c1cc(Br)ccc1-2. The summed E-state index contributed by atoms with van der Waals surface area (Å²) in [5.41, 5.74) is 9.86. The molecule has 1 saturated heterocycles.